The highest BCUT2D eigenvalue weighted by molar-refractivity contribution is 5.21. The van der Waals surface area contributed by atoms with Gasteiger partial charge in [0.25, 0.3) is 0 Å². The molecule has 1 unspecified atom stereocenters. The van der Waals surface area contributed by atoms with Crippen molar-refractivity contribution < 1.29 is 4.74 Å². The van der Waals surface area contributed by atoms with Crippen molar-refractivity contribution in [2.75, 3.05) is 19.7 Å². The molecule has 0 radical (unpaired) electrons. The molecule has 1 heterocycles. The van der Waals surface area contributed by atoms with Gasteiger partial charge in [0.15, 0.2) is 0 Å². The van der Waals surface area contributed by atoms with E-state index in [2.05, 4.69) is 36.9 Å². The Balaban J connectivity index is 2.88. The Morgan fingerprint density at radius 2 is 2.17 bits per heavy atom. The SMILES string of the molecule is C=COCCC(c1nccn1C=C)N(CC)CC. The van der Waals surface area contributed by atoms with E-state index in [-0.39, 0.29) is 6.04 Å². The Kier molecular flexibility index (Phi) is 6.22. The molecule has 0 aromatic carbocycles. The molecule has 0 aliphatic carbocycles. The fraction of sp³-hybridized carbons (Fsp3) is 0.500. The van der Waals surface area contributed by atoms with Gasteiger partial charge in [0.2, 0.25) is 0 Å². The molecule has 0 aliphatic heterocycles. The zero-order valence-electron chi connectivity index (χ0n) is 11.4. The molecule has 100 valence electrons. The van der Waals surface area contributed by atoms with E-state index in [9.17, 15) is 0 Å². The number of hydrogen-bond acceptors (Lipinski definition) is 3. The number of aromatic nitrogens is 2. The molecule has 0 amide bonds. The summed E-state index contributed by atoms with van der Waals surface area (Å²) < 4.78 is 7.22. The first-order chi connectivity index (χ1) is 8.78. The maximum Gasteiger partial charge on any atom is 0.130 e. The van der Waals surface area contributed by atoms with Gasteiger partial charge in [-0.1, -0.05) is 27.0 Å². The fourth-order valence-corrected chi connectivity index (χ4v) is 2.14. The maximum atomic E-state index is 5.25. The molecule has 1 aromatic heterocycles. The third kappa shape index (κ3) is 3.47. The van der Waals surface area contributed by atoms with Gasteiger partial charge in [-0.25, -0.2) is 4.98 Å². The molecule has 4 nitrogen and oxygen atoms in total. The topological polar surface area (TPSA) is 30.3 Å². The minimum absolute atomic E-state index is 0.243. The van der Waals surface area contributed by atoms with Gasteiger partial charge in [-0.05, 0) is 13.1 Å². The summed E-state index contributed by atoms with van der Waals surface area (Å²) >= 11 is 0. The largest absolute Gasteiger partial charge is 0.502 e. The average Bonchev–Trinajstić information content (AvgIpc) is 2.86. The van der Waals surface area contributed by atoms with Crippen molar-refractivity contribution in [1.29, 1.82) is 0 Å². The van der Waals surface area contributed by atoms with Gasteiger partial charge in [-0.15, -0.1) is 0 Å². The second-order valence-electron chi connectivity index (χ2n) is 3.94. The van der Waals surface area contributed by atoms with Crippen LogP contribution in [0.4, 0.5) is 0 Å². The van der Waals surface area contributed by atoms with E-state index in [0.29, 0.717) is 6.61 Å². The second kappa shape index (κ2) is 7.71. The predicted molar refractivity (Wildman–Crippen MR) is 75.0 cm³/mol. The molecular formula is C14H23N3O. The van der Waals surface area contributed by atoms with Crippen molar-refractivity contribution in [2.24, 2.45) is 0 Å². The highest BCUT2D eigenvalue weighted by Gasteiger charge is 2.21. The predicted octanol–water partition coefficient (Wildman–Crippen LogP) is 2.92. The zero-order chi connectivity index (χ0) is 13.4. The van der Waals surface area contributed by atoms with Gasteiger partial charge < -0.3 is 9.30 Å². The first-order valence-corrected chi connectivity index (χ1v) is 6.40. The lowest BCUT2D eigenvalue weighted by molar-refractivity contribution is 0.153. The molecular weight excluding hydrogens is 226 g/mol. The number of nitrogens with zero attached hydrogens (tertiary/aromatic N) is 3. The van der Waals surface area contributed by atoms with Crippen molar-refractivity contribution in [1.82, 2.24) is 14.5 Å². The monoisotopic (exact) mass is 249 g/mol. The smallest absolute Gasteiger partial charge is 0.130 e. The van der Waals surface area contributed by atoms with Crippen LogP contribution in [0.1, 0.15) is 32.1 Å². The summed E-state index contributed by atoms with van der Waals surface area (Å²) in [5.74, 6) is 1.02. The Hall–Kier alpha value is -1.55. The average molecular weight is 249 g/mol. The Morgan fingerprint density at radius 3 is 2.72 bits per heavy atom. The zero-order valence-corrected chi connectivity index (χ0v) is 11.4. The van der Waals surface area contributed by atoms with Crippen molar-refractivity contribution >= 4 is 6.20 Å². The molecule has 1 aromatic rings. The number of imidazole rings is 1. The summed E-state index contributed by atoms with van der Waals surface area (Å²) in [4.78, 5) is 6.82. The summed E-state index contributed by atoms with van der Waals surface area (Å²) in [6.45, 7) is 14.3. The van der Waals surface area contributed by atoms with Crippen LogP contribution in [-0.2, 0) is 4.74 Å². The van der Waals surface area contributed by atoms with Gasteiger partial charge >= 0.3 is 0 Å². The van der Waals surface area contributed by atoms with E-state index >= 15 is 0 Å². The summed E-state index contributed by atoms with van der Waals surface area (Å²) in [6.07, 6.45) is 7.89. The van der Waals surface area contributed by atoms with Crippen LogP contribution in [-0.4, -0.2) is 34.1 Å². The van der Waals surface area contributed by atoms with Crippen LogP contribution in [0.2, 0.25) is 0 Å². The molecule has 1 atom stereocenters. The first kappa shape index (κ1) is 14.5. The molecule has 4 heteroatoms. The molecule has 0 saturated carbocycles. The Bertz CT molecular complexity index is 369. The lowest BCUT2D eigenvalue weighted by atomic mass is 10.1. The summed E-state index contributed by atoms with van der Waals surface area (Å²) in [7, 11) is 0. The van der Waals surface area contributed by atoms with Crippen molar-refractivity contribution in [3.05, 3.63) is 37.6 Å². The second-order valence-corrected chi connectivity index (χ2v) is 3.94. The molecule has 18 heavy (non-hydrogen) atoms. The molecule has 0 saturated heterocycles. The molecule has 0 N–H and O–H groups in total. The van der Waals surface area contributed by atoms with Gasteiger partial charge in [-0.3, -0.25) is 4.90 Å². The number of rotatable bonds is 9. The van der Waals surface area contributed by atoms with Crippen molar-refractivity contribution in [2.45, 2.75) is 26.3 Å². The van der Waals surface area contributed by atoms with Crippen LogP contribution >= 0.6 is 0 Å². The minimum atomic E-state index is 0.243. The third-order valence-electron chi connectivity index (χ3n) is 3.07. The summed E-state index contributed by atoms with van der Waals surface area (Å²) in [6, 6.07) is 0.243. The lowest BCUT2D eigenvalue weighted by Crippen LogP contribution is -2.31. The fourth-order valence-electron chi connectivity index (χ4n) is 2.14. The molecule has 0 fully saturated rings. The van der Waals surface area contributed by atoms with E-state index in [0.717, 1.165) is 25.3 Å². The summed E-state index contributed by atoms with van der Waals surface area (Å²) in [5, 5.41) is 0. The van der Waals surface area contributed by atoms with Crippen molar-refractivity contribution in [3.63, 3.8) is 0 Å². The lowest BCUT2D eigenvalue weighted by Gasteiger charge is -2.29. The van der Waals surface area contributed by atoms with E-state index in [1.54, 1.807) is 6.20 Å². The highest BCUT2D eigenvalue weighted by atomic mass is 16.5. The van der Waals surface area contributed by atoms with Crippen LogP contribution in [0.15, 0.2) is 31.8 Å². The van der Waals surface area contributed by atoms with Gasteiger partial charge in [0.1, 0.15) is 5.82 Å². The minimum Gasteiger partial charge on any atom is -0.502 e. The highest BCUT2D eigenvalue weighted by Crippen LogP contribution is 2.23. The Morgan fingerprint density at radius 1 is 1.44 bits per heavy atom. The van der Waals surface area contributed by atoms with Crippen LogP contribution in [0, 0.1) is 0 Å². The van der Waals surface area contributed by atoms with Crippen molar-refractivity contribution in [3.8, 4) is 0 Å². The molecule has 1 rings (SSSR count). The van der Waals surface area contributed by atoms with Crippen LogP contribution < -0.4 is 0 Å². The van der Waals surface area contributed by atoms with E-state index in [1.165, 1.54) is 6.26 Å². The molecule has 0 bridgehead atoms. The molecule has 0 spiro atoms. The number of hydrogen-bond donors (Lipinski definition) is 0. The Labute approximate surface area is 110 Å². The van der Waals surface area contributed by atoms with E-state index in [1.807, 2.05) is 17.0 Å². The van der Waals surface area contributed by atoms with E-state index < -0.39 is 0 Å². The maximum absolute atomic E-state index is 5.25. The van der Waals surface area contributed by atoms with E-state index in [4.69, 9.17) is 4.74 Å². The van der Waals surface area contributed by atoms with Crippen LogP contribution in [0.25, 0.3) is 6.20 Å². The third-order valence-corrected chi connectivity index (χ3v) is 3.07. The normalized spacial score (nSPS) is 12.4. The van der Waals surface area contributed by atoms with Gasteiger partial charge in [-0.2, -0.15) is 0 Å². The van der Waals surface area contributed by atoms with Gasteiger partial charge in [0, 0.05) is 25.0 Å². The van der Waals surface area contributed by atoms with Crippen LogP contribution in [0.5, 0.6) is 0 Å². The van der Waals surface area contributed by atoms with Crippen LogP contribution in [0.3, 0.4) is 0 Å². The summed E-state index contributed by atoms with van der Waals surface area (Å²) in [5.41, 5.74) is 0. The number of ether oxygens (including phenoxy) is 1. The van der Waals surface area contributed by atoms with Gasteiger partial charge in [0.05, 0.1) is 18.9 Å². The quantitative estimate of drug-likeness (QED) is 0.498. The standard InChI is InChI=1S/C14H23N3O/c1-5-16(6-2)13(9-12-18-8-4)14-15-10-11-17(14)7-3/h7-8,10-11,13H,3-6,9,12H2,1-2H3. The first-order valence-electron chi connectivity index (χ1n) is 6.40. The molecule has 0 aliphatic rings.